The first-order valence-corrected chi connectivity index (χ1v) is 8.85. The van der Waals surface area contributed by atoms with Gasteiger partial charge in [0.05, 0.1) is 18.2 Å². The number of anilines is 2. The summed E-state index contributed by atoms with van der Waals surface area (Å²) in [5, 5.41) is 5.85. The summed E-state index contributed by atoms with van der Waals surface area (Å²) in [5.41, 5.74) is 1.78. The van der Waals surface area contributed by atoms with Gasteiger partial charge in [0.25, 0.3) is 5.91 Å². The van der Waals surface area contributed by atoms with Gasteiger partial charge < -0.3 is 20.1 Å². The van der Waals surface area contributed by atoms with Crippen LogP contribution in [0.5, 0.6) is 0 Å². The summed E-state index contributed by atoms with van der Waals surface area (Å²) in [6, 6.07) is 8.58. The number of hydrogen-bond donors (Lipinski definition) is 2. The molecule has 1 aromatic heterocycles. The van der Waals surface area contributed by atoms with Gasteiger partial charge in [-0.15, -0.1) is 0 Å². The van der Waals surface area contributed by atoms with Crippen LogP contribution in [0, 0.1) is 6.92 Å². The van der Waals surface area contributed by atoms with E-state index in [0.29, 0.717) is 23.1 Å². The van der Waals surface area contributed by atoms with E-state index in [1.807, 2.05) is 0 Å². The van der Waals surface area contributed by atoms with Crippen LogP contribution in [0.4, 0.5) is 11.5 Å². The van der Waals surface area contributed by atoms with Gasteiger partial charge in [0.15, 0.2) is 6.61 Å². The lowest BCUT2D eigenvalue weighted by Gasteiger charge is -2.10. The molecule has 1 amide bonds. The molecule has 1 heterocycles. The molecule has 0 unspecified atom stereocenters. The molecule has 1 saturated carbocycles. The number of esters is 2. The highest BCUT2D eigenvalue weighted by molar-refractivity contribution is 5.97. The van der Waals surface area contributed by atoms with E-state index in [4.69, 9.17) is 4.74 Å². The Morgan fingerprint density at radius 1 is 1.11 bits per heavy atom. The number of carbonyl (C=O) groups is 3. The summed E-state index contributed by atoms with van der Waals surface area (Å²) in [6.07, 6.45) is 3.67. The Labute approximate surface area is 162 Å². The van der Waals surface area contributed by atoms with Crippen molar-refractivity contribution in [2.75, 3.05) is 24.4 Å². The lowest BCUT2D eigenvalue weighted by molar-refractivity contribution is -0.119. The summed E-state index contributed by atoms with van der Waals surface area (Å²) in [4.78, 5) is 39.9. The number of nitrogens with zero attached hydrogens (tertiary/aromatic N) is 1. The Bertz CT molecular complexity index is 891. The van der Waals surface area contributed by atoms with Crippen molar-refractivity contribution in [2.24, 2.45) is 0 Å². The molecule has 8 nitrogen and oxygen atoms in total. The molecule has 1 fully saturated rings. The number of methoxy groups -OCH3 is 1. The summed E-state index contributed by atoms with van der Waals surface area (Å²) < 4.78 is 9.70. The molecule has 2 N–H and O–H groups in total. The van der Waals surface area contributed by atoms with Crippen LogP contribution in [0.15, 0.2) is 36.5 Å². The molecule has 28 heavy (non-hydrogen) atoms. The highest BCUT2D eigenvalue weighted by Crippen LogP contribution is 2.23. The molecule has 2 aromatic rings. The molecular formula is C20H21N3O5. The van der Waals surface area contributed by atoms with Gasteiger partial charge in [-0.3, -0.25) is 4.79 Å². The number of benzene rings is 1. The van der Waals surface area contributed by atoms with Crippen LogP contribution in [-0.2, 0) is 14.3 Å². The van der Waals surface area contributed by atoms with Crippen LogP contribution in [0.25, 0.3) is 0 Å². The number of pyridine rings is 1. The standard InChI is InChI=1S/C20H21N3O5/c1-12-3-4-13(19(25)27-2)9-16(12)23-18(24)11-28-20(26)14-5-8-17(21-10-14)22-15-6-7-15/h3-5,8-10,15H,6-7,11H2,1-2H3,(H,21,22)(H,23,24). The van der Waals surface area contributed by atoms with Crippen molar-refractivity contribution in [3.05, 3.63) is 53.2 Å². The predicted octanol–water partition coefficient (Wildman–Crippen LogP) is 2.55. The average molecular weight is 383 g/mol. The second kappa shape index (κ2) is 8.51. The number of ether oxygens (including phenoxy) is 2. The van der Waals surface area contributed by atoms with Crippen molar-refractivity contribution in [2.45, 2.75) is 25.8 Å². The van der Waals surface area contributed by atoms with E-state index in [1.54, 1.807) is 31.2 Å². The summed E-state index contributed by atoms with van der Waals surface area (Å²) >= 11 is 0. The van der Waals surface area contributed by atoms with E-state index in [1.165, 1.54) is 19.4 Å². The van der Waals surface area contributed by atoms with E-state index in [-0.39, 0.29) is 5.56 Å². The molecule has 0 saturated heterocycles. The highest BCUT2D eigenvalue weighted by Gasteiger charge is 2.21. The Kier molecular flexibility index (Phi) is 5.88. The minimum Gasteiger partial charge on any atom is -0.465 e. The zero-order chi connectivity index (χ0) is 20.1. The number of rotatable bonds is 7. The fourth-order valence-corrected chi connectivity index (χ4v) is 2.44. The highest BCUT2D eigenvalue weighted by atomic mass is 16.5. The Balaban J connectivity index is 1.53. The second-order valence-corrected chi connectivity index (χ2v) is 6.50. The predicted molar refractivity (Wildman–Crippen MR) is 102 cm³/mol. The lowest BCUT2D eigenvalue weighted by atomic mass is 10.1. The zero-order valence-electron chi connectivity index (χ0n) is 15.7. The van der Waals surface area contributed by atoms with Gasteiger partial charge in [-0.2, -0.15) is 0 Å². The molecule has 1 aliphatic carbocycles. The van der Waals surface area contributed by atoms with Crippen LogP contribution in [-0.4, -0.2) is 42.6 Å². The summed E-state index contributed by atoms with van der Waals surface area (Å²) in [6.45, 7) is 1.33. The van der Waals surface area contributed by atoms with Gasteiger partial charge in [-0.25, -0.2) is 14.6 Å². The Hall–Kier alpha value is -3.42. The van der Waals surface area contributed by atoms with E-state index in [0.717, 1.165) is 18.4 Å². The number of nitrogens with one attached hydrogen (secondary N) is 2. The van der Waals surface area contributed by atoms with Crippen LogP contribution in [0.3, 0.4) is 0 Å². The first-order chi connectivity index (χ1) is 13.5. The van der Waals surface area contributed by atoms with Crippen LogP contribution in [0.2, 0.25) is 0 Å². The maximum atomic E-state index is 12.1. The maximum absolute atomic E-state index is 12.1. The van der Waals surface area contributed by atoms with Crippen LogP contribution >= 0.6 is 0 Å². The zero-order valence-corrected chi connectivity index (χ0v) is 15.7. The molecule has 1 aromatic carbocycles. The van der Waals surface area contributed by atoms with Crippen molar-refractivity contribution in [1.82, 2.24) is 4.98 Å². The second-order valence-electron chi connectivity index (χ2n) is 6.50. The summed E-state index contributed by atoms with van der Waals surface area (Å²) in [7, 11) is 1.28. The third-order valence-electron chi connectivity index (χ3n) is 4.20. The molecule has 0 atom stereocenters. The molecule has 0 aliphatic heterocycles. The van der Waals surface area contributed by atoms with Gasteiger partial charge in [0.2, 0.25) is 0 Å². The topological polar surface area (TPSA) is 107 Å². The number of aryl methyl sites for hydroxylation is 1. The fourth-order valence-electron chi connectivity index (χ4n) is 2.44. The van der Waals surface area contributed by atoms with E-state index >= 15 is 0 Å². The molecule has 1 aliphatic rings. The number of carbonyl (C=O) groups excluding carboxylic acids is 3. The fraction of sp³-hybridized carbons (Fsp3) is 0.300. The van der Waals surface area contributed by atoms with Crippen LogP contribution < -0.4 is 10.6 Å². The van der Waals surface area contributed by atoms with Gasteiger partial charge in [-0.05, 0) is 49.6 Å². The molecule has 3 rings (SSSR count). The molecule has 0 radical (unpaired) electrons. The SMILES string of the molecule is COC(=O)c1ccc(C)c(NC(=O)COC(=O)c2ccc(NC3CC3)nc2)c1. The third kappa shape index (κ3) is 5.06. The first kappa shape index (κ1) is 19.3. The van der Waals surface area contributed by atoms with Crippen molar-refractivity contribution < 1.29 is 23.9 Å². The monoisotopic (exact) mass is 383 g/mol. The van der Waals surface area contributed by atoms with Gasteiger partial charge in [0, 0.05) is 17.9 Å². The van der Waals surface area contributed by atoms with Crippen molar-refractivity contribution in [3.63, 3.8) is 0 Å². The van der Waals surface area contributed by atoms with Gasteiger partial charge in [-0.1, -0.05) is 6.07 Å². The number of hydrogen-bond acceptors (Lipinski definition) is 7. The molecule has 8 heteroatoms. The lowest BCUT2D eigenvalue weighted by Crippen LogP contribution is -2.21. The van der Waals surface area contributed by atoms with Crippen LogP contribution in [0.1, 0.15) is 39.1 Å². The molecule has 0 bridgehead atoms. The minimum atomic E-state index is -0.638. The van der Waals surface area contributed by atoms with E-state index < -0.39 is 24.5 Å². The normalized spacial score (nSPS) is 12.8. The van der Waals surface area contributed by atoms with Crippen molar-refractivity contribution in [3.8, 4) is 0 Å². The number of aromatic nitrogens is 1. The van der Waals surface area contributed by atoms with Gasteiger partial charge in [0.1, 0.15) is 5.82 Å². The van der Waals surface area contributed by atoms with Crippen molar-refractivity contribution in [1.29, 1.82) is 0 Å². The molecular weight excluding hydrogens is 362 g/mol. The van der Waals surface area contributed by atoms with Crippen molar-refractivity contribution >= 4 is 29.4 Å². The molecule has 0 spiro atoms. The minimum absolute atomic E-state index is 0.262. The number of amides is 1. The Morgan fingerprint density at radius 3 is 2.50 bits per heavy atom. The quantitative estimate of drug-likeness (QED) is 0.708. The average Bonchev–Trinajstić information content (AvgIpc) is 3.51. The summed E-state index contributed by atoms with van der Waals surface area (Å²) in [5.74, 6) is -0.953. The smallest absolute Gasteiger partial charge is 0.340 e. The van der Waals surface area contributed by atoms with E-state index in [2.05, 4.69) is 20.4 Å². The Morgan fingerprint density at radius 2 is 1.86 bits per heavy atom. The van der Waals surface area contributed by atoms with E-state index in [9.17, 15) is 14.4 Å². The van der Waals surface area contributed by atoms with Gasteiger partial charge >= 0.3 is 11.9 Å². The first-order valence-electron chi connectivity index (χ1n) is 8.85. The third-order valence-corrected chi connectivity index (χ3v) is 4.20. The maximum Gasteiger partial charge on any atom is 0.340 e. The molecule has 146 valence electrons. The largest absolute Gasteiger partial charge is 0.465 e.